The second-order valence-corrected chi connectivity index (χ2v) is 5.63. The first-order valence-corrected chi connectivity index (χ1v) is 6.44. The second-order valence-electron chi connectivity index (χ2n) is 5.63. The summed E-state index contributed by atoms with van der Waals surface area (Å²) in [5.74, 6) is -0.750. The number of rotatable bonds is 6. The first-order valence-electron chi connectivity index (χ1n) is 6.44. The van der Waals surface area contributed by atoms with Crippen molar-refractivity contribution in [2.45, 2.75) is 40.2 Å². The molecule has 0 radical (unpaired) electrons. The molecule has 1 N–H and O–H groups in total. The maximum absolute atomic E-state index is 14.0. The predicted octanol–water partition coefficient (Wildman–Crippen LogP) is 3.27. The topological polar surface area (TPSA) is 55.8 Å². The van der Waals surface area contributed by atoms with E-state index in [2.05, 4.69) is 0 Å². The number of ether oxygens (including phenoxy) is 2. The Balaban J connectivity index is 3.17. The highest BCUT2D eigenvalue weighted by atomic mass is 19.1. The van der Waals surface area contributed by atoms with Crippen LogP contribution in [0.4, 0.5) is 4.39 Å². The summed E-state index contributed by atoms with van der Waals surface area (Å²) >= 11 is 0. The highest BCUT2D eigenvalue weighted by Gasteiger charge is 2.29. The van der Waals surface area contributed by atoms with Crippen molar-refractivity contribution >= 4 is 5.97 Å². The Morgan fingerprint density at radius 3 is 2.40 bits per heavy atom. The van der Waals surface area contributed by atoms with Gasteiger partial charge in [-0.25, -0.2) is 4.39 Å². The molecule has 20 heavy (non-hydrogen) atoms. The molecule has 4 nitrogen and oxygen atoms in total. The summed E-state index contributed by atoms with van der Waals surface area (Å²) in [7, 11) is 1.43. The maximum Gasteiger partial charge on any atom is 0.309 e. The van der Waals surface area contributed by atoms with Gasteiger partial charge < -0.3 is 14.6 Å². The molecule has 112 valence electrons. The van der Waals surface area contributed by atoms with Gasteiger partial charge in [-0.3, -0.25) is 4.79 Å². The van der Waals surface area contributed by atoms with E-state index >= 15 is 0 Å². The number of aliphatic carboxylic acids is 1. The van der Waals surface area contributed by atoms with Crippen molar-refractivity contribution in [3.05, 3.63) is 23.5 Å². The lowest BCUT2D eigenvalue weighted by atomic mass is 9.85. The summed E-state index contributed by atoms with van der Waals surface area (Å²) in [5.41, 5.74) is -0.751. The molecule has 0 saturated carbocycles. The normalized spacial score (nSPS) is 11.6. The average Bonchev–Trinajstić information content (AvgIpc) is 2.31. The molecule has 0 bridgehead atoms. The molecule has 0 fully saturated rings. The van der Waals surface area contributed by atoms with Crippen molar-refractivity contribution in [2.75, 3.05) is 7.11 Å². The number of halogens is 1. The molecule has 0 aromatic heterocycles. The van der Waals surface area contributed by atoms with E-state index in [0.29, 0.717) is 17.1 Å². The highest BCUT2D eigenvalue weighted by molar-refractivity contribution is 5.74. The van der Waals surface area contributed by atoms with E-state index in [4.69, 9.17) is 14.6 Å². The van der Waals surface area contributed by atoms with Crippen LogP contribution in [0.2, 0.25) is 0 Å². The first kappa shape index (κ1) is 16.3. The highest BCUT2D eigenvalue weighted by Crippen LogP contribution is 2.34. The van der Waals surface area contributed by atoms with Gasteiger partial charge in [0, 0.05) is 6.07 Å². The van der Waals surface area contributed by atoms with Crippen molar-refractivity contribution in [3.63, 3.8) is 0 Å². The lowest BCUT2D eigenvalue weighted by Crippen LogP contribution is -2.26. The van der Waals surface area contributed by atoms with E-state index in [9.17, 15) is 9.18 Å². The summed E-state index contributed by atoms with van der Waals surface area (Å²) in [6, 6.07) is 2.74. The number of methoxy groups -OCH3 is 1. The van der Waals surface area contributed by atoms with Crippen molar-refractivity contribution in [2.24, 2.45) is 5.41 Å². The van der Waals surface area contributed by atoms with E-state index in [-0.39, 0.29) is 12.5 Å². The quantitative estimate of drug-likeness (QED) is 0.871. The minimum atomic E-state index is -1.05. The smallest absolute Gasteiger partial charge is 0.309 e. The van der Waals surface area contributed by atoms with Crippen molar-refractivity contribution < 1.29 is 23.8 Å². The van der Waals surface area contributed by atoms with Crippen LogP contribution in [0.25, 0.3) is 0 Å². The van der Waals surface area contributed by atoms with Crippen molar-refractivity contribution in [1.29, 1.82) is 0 Å². The minimum absolute atomic E-state index is 0.0760. The van der Waals surface area contributed by atoms with E-state index in [0.717, 1.165) is 0 Å². The molecule has 0 aliphatic rings. The summed E-state index contributed by atoms with van der Waals surface area (Å²) in [4.78, 5) is 11.1. The average molecular weight is 284 g/mol. The third-order valence-electron chi connectivity index (χ3n) is 2.91. The zero-order chi connectivity index (χ0) is 15.5. The first-order chi connectivity index (χ1) is 9.17. The minimum Gasteiger partial charge on any atom is -0.493 e. The Kier molecular flexibility index (Phi) is 4.98. The van der Waals surface area contributed by atoms with Crippen LogP contribution in [0.3, 0.4) is 0 Å². The third-order valence-corrected chi connectivity index (χ3v) is 2.91. The molecule has 5 heteroatoms. The van der Waals surface area contributed by atoms with Gasteiger partial charge in [-0.15, -0.1) is 0 Å². The molecule has 0 unspecified atom stereocenters. The van der Waals surface area contributed by atoms with Gasteiger partial charge in [-0.2, -0.15) is 0 Å². The molecule has 0 aliphatic carbocycles. The molecule has 0 aliphatic heterocycles. The lowest BCUT2D eigenvalue weighted by molar-refractivity contribution is -0.146. The molecule has 0 heterocycles. The summed E-state index contributed by atoms with van der Waals surface area (Å²) in [6.07, 6.45) is -0.0122. The molecule has 0 amide bonds. The van der Waals surface area contributed by atoms with Gasteiger partial charge in [0.05, 0.1) is 18.6 Å². The van der Waals surface area contributed by atoms with E-state index in [1.54, 1.807) is 13.8 Å². The Hall–Kier alpha value is -1.78. The summed E-state index contributed by atoms with van der Waals surface area (Å²) in [5, 5.41) is 9.13. The van der Waals surface area contributed by atoms with Gasteiger partial charge in [0.25, 0.3) is 0 Å². The van der Waals surface area contributed by atoms with E-state index in [1.165, 1.54) is 19.2 Å². The Bertz CT molecular complexity index is 495. The van der Waals surface area contributed by atoms with Crippen LogP contribution in [-0.2, 0) is 11.2 Å². The Morgan fingerprint density at radius 2 is 1.95 bits per heavy atom. The predicted molar refractivity (Wildman–Crippen MR) is 73.8 cm³/mol. The molecule has 0 spiro atoms. The van der Waals surface area contributed by atoms with Crippen molar-refractivity contribution in [3.8, 4) is 11.5 Å². The number of carboxylic acids is 1. The molecule has 1 aromatic carbocycles. The molecule has 0 atom stereocenters. The number of carboxylic acid groups (broad SMARTS) is 1. The van der Waals surface area contributed by atoms with Gasteiger partial charge >= 0.3 is 5.97 Å². The van der Waals surface area contributed by atoms with E-state index in [1.807, 2.05) is 13.8 Å². The number of hydrogen-bond acceptors (Lipinski definition) is 3. The van der Waals surface area contributed by atoms with Crippen LogP contribution >= 0.6 is 0 Å². The molecule has 1 rings (SSSR count). The summed E-state index contributed by atoms with van der Waals surface area (Å²) in [6.45, 7) is 6.82. The Labute approximate surface area is 118 Å². The fourth-order valence-corrected chi connectivity index (χ4v) is 1.77. The van der Waals surface area contributed by atoms with E-state index < -0.39 is 17.2 Å². The largest absolute Gasteiger partial charge is 0.493 e. The Morgan fingerprint density at radius 1 is 1.35 bits per heavy atom. The van der Waals surface area contributed by atoms with Gasteiger partial charge in [-0.05, 0) is 45.7 Å². The third kappa shape index (κ3) is 3.85. The van der Waals surface area contributed by atoms with Crippen LogP contribution < -0.4 is 9.47 Å². The second kappa shape index (κ2) is 6.11. The fourth-order valence-electron chi connectivity index (χ4n) is 1.77. The van der Waals surface area contributed by atoms with Crippen LogP contribution in [0, 0.1) is 11.2 Å². The van der Waals surface area contributed by atoms with Gasteiger partial charge in [0.15, 0.2) is 11.5 Å². The van der Waals surface area contributed by atoms with Crippen LogP contribution in [-0.4, -0.2) is 24.3 Å². The standard InChI is InChI=1S/C15H21FO4/c1-9(2)20-13-6-10(8-15(3,4)14(17)18)11(16)7-12(13)19-5/h6-7,9H,8H2,1-5H3,(H,17,18). The lowest BCUT2D eigenvalue weighted by Gasteiger charge is -2.21. The number of benzene rings is 1. The zero-order valence-corrected chi connectivity index (χ0v) is 12.5. The maximum atomic E-state index is 14.0. The van der Waals surface area contributed by atoms with Gasteiger partial charge in [0.2, 0.25) is 0 Å². The fraction of sp³-hybridized carbons (Fsp3) is 0.533. The van der Waals surface area contributed by atoms with Crippen LogP contribution in [0.15, 0.2) is 12.1 Å². The van der Waals surface area contributed by atoms with Crippen molar-refractivity contribution in [1.82, 2.24) is 0 Å². The van der Waals surface area contributed by atoms with Gasteiger partial charge in [-0.1, -0.05) is 0 Å². The monoisotopic (exact) mass is 284 g/mol. The molecular weight excluding hydrogens is 263 g/mol. The van der Waals surface area contributed by atoms with Gasteiger partial charge in [0.1, 0.15) is 5.82 Å². The number of hydrogen-bond donors (Lipinski definition) is 1. The molecule has 1 aromatic rings. The molecular formula is C15H21FO4. The van der Waals surface area contributed by atoms with Crippen LogP contribution in [0.5, 0.6) is 11.5 Å². The number of carbonyl (C=O) groups is 1. The SMILES string of the molecule is COc1cc(F)c(CC(C)(C)C(=O)O)cc1OC(C)C. The molecule has 0 saturated heterocycles. The summed E-state index contributed by atoms with van der Waals surface area (Å²) < 4.78 is 24.7. The van der Waals surface area contributed by atoms with Crippen LogP contribution in [0.1, 0.15) is 33.3 Å². The zero-order valence-electron chi connectivity index (χ0n) is 12.5.